The third-order valence-corrected chi connectivity index (χ3v) is 5.35. The molecular formula is C19H23N9. The van der Waals surface area contributed by atoms with E-state index in [1.54, 1.807) is 4.52 Å². The average Bonchev–Trinajstić information content (AvgIpc) is 3.33. The fourth-order valence-corrected chi connectivity index (χ4v) is 3.63. The zero-order valence-corrected chi connectivity index (χ0v) is 15.9. The predicted molar refractivity (Wildman–Crippen MR) is 108 cm³/mol. The third-order valence-electron chi connectivity index (χ3n) is 5.35. The van der Waals surface area contributed by atoms with Crippen LogP contribution in [-0.4, -0.2) is 78.7 Å². The molecule has 9 heteroatoms. The second-order valence-electron chi connectivity index (χ2n) is 7.26. The monoisotopic (exact) mass is 377 g/mol. The first kappa shape index (κ1) is 17.1. The van der Waals surface area contributed by atoms with Gasteiger partial charge in [0.05, 0.1) is 6.33 Å². The first-order valence-corrected chi connectivity index (χ1v) is 9.52. The number of nitrogen functional groups attached to an aromatic ring is 1. The van der Waals surface area contributed by atoms with Crippen LogP contribution in [0.2, 0.25) is 0 Å². The van der Waals surface area contributed by atoms with Crippen LogP contribution in [0.1, 0.15) is 0 Å². The Balaban J connectivity index is 1.47. The van der Waals surface area contributed by atoms with Crippen LogP contribution in [0, 0.1) is 0 Å². The van der Waals surface area contributed by atoms with E-state index in [2.05, 4.69) is 41.5 Å². The number of anilines is 1. The summed E-state index contributed by atoms with van der Waals surface area (Å²) in [7, 11) is 2.17. The maximum atomic E-state index is 6.19. The molecule has 144 valence electrons. The molecule has 0 bridgehead atoms. The summed E-state index contributed by atoms with van der Waals surface area (Å²) in [6, 6.07) is 9.85. The lowest BCUT2D eigenvalue weighted by Gasteiger charge is -2.32. The Morgan fingerprint density at radius 3 is 2.54 bits per heavy atom. The third kappa shape index (κ3) is 2.98. The van der Waals surface area contributed by atoms with Gasteiger partial charge in [-0.2, -0.15) is 9.50 Å². The molecule has 0 saturated carbocycles. The summed E-state index contributed by atoms with van der Waals surface area (Å²) in [4.78, 5) is 18.6. The average molecular weight is 377 g/mol. The minimum atomic E-state index is 0.318. The number of hydrogen-bond donors (Lipinski definition) is 1. The number of imidazole rings is 1. The normalized spacial score (nSPS) is 16.3. The molecule has 3 aromatic heterocycles. The van der Waals surface area contributed by atoms with E-state index in [1.807, 2.05) is 36.7 Å². The molecule has 4 aromatic rings. The summed E-state index contributed by atoms with van der Waals surface area (Å²) in [6.07, 6.45) is 1.82. The maximum Gasteiger partial charge on any atom is 0.225 e. The summed E-state index contributed by atoms with van der Waals surface area (Å²) < 4.78 is 3.63. The van der Waals surface area contributed by atoms with Crippen molar-refractivity contribution in [3.63, 3.8) is 0 Å². The van der Waals surface area contributed by atoms with Crippen LogP contribution in [-0.2, 0) is 6.54 Å². The molecule has 1 aliphatic heterocycles. The molecule has 0 aliphatic carbocycles. The molecule has 0 atom stereocenters. The molecule has 1 fully saturated rings. The minimum Gasteiger partial charge on any atom is -0.368 e. The molecule has 9 nitrogen and oxygen atoms in total. The summed E-state index contributed by atoms with van der Waals surface area (Å²) in [5, 5.41) is 4.52. The molecule has 1 aromatic carbocycles. The number of fused-ring (bicyclic) bond motifs is 3. The standard InChI is InChI=1S/C19H23N9/c1-25-7-9-26(10-8-25)11-12-27-13-21-15-17(27)23-19(20)28-18(15)22-16(24-28)14-5-3-2-4-6-14/h2-6,13H,7-12H2,1H3,(H2,20,23). The van der Waals surface area contributed by atoms with Crippen molar-refractivity contribution in [2.24, 2.45) is 0 Å². The molecule has 0 radical (unpaired) electrons. The Morgan fingerprint density at radius 2 is 1.75 bits per heavy atom. The van der Waals surface area contributed by atoms with Crippen molar-refractivity contribution in [3.8, 4) is 11.4 Å². The molecule has 4 heterocycles. The van der Waals surface area contributed by atoms with Gasteiger partial charge in [0.15, 0.2) is 22.6 Å². The van der Waals surface area contributed by atoms with Gasteiger partial charge in [-0.3, -0.25) is 4.90 Å². The SMILES string of the molecule is CN1CCN(CCn2cnc3c2nc(N)n2nc(-c4ccccc4)nc32)CC1. The number of piperazine rings is 1. The smallest absolute Gasteiger partial charge is 0.225 e. The summed E-state index contributed by atoms with van der Waals surface area (Å²) >= 11 is 0. The van der Waals surface area contributed by atoms with Crippen molar-refractivity contribution in [1.29, 1.82) is 0 Å². The highest BCUT2D eigenvalue weighted by Gasteiger charge is 2.18. The molecule has 0 unspecified atom stereocenters. The predicted octanol–water partition coefficient (Wildman–Crippen LogP) is 0.971. The van der Waals surface area contributed by atoms with Crippen LogP contribution in [0.5, 0.6) is 0 Å². The molecule has 28 heavy (non-hydrogen) atoms. The first-order chi connectivity index (χ1) is 13.7. The largest absolute Gasteiger partial charge is 0.368 e. The van der Waals surface area contributed by atoms with Gasteiger partial charge in [0, 0.05) is 44.8 Å². The van der Waals surface area contributed by atoms with Crippen LogP contribution < -0.4 is 5.73 Å². The molecule has 1 aliphatic rings. The van der Waals surface area contributed by atoms with E-state index < -0.39 is 0 Å². The van der Waals surface area contributed by atoms with Crippen LogP contribution in [0.25, 0.3) is 28.2 Å². The Kier molecular flexibility index (Phi) is 4.18. The van der Waals surface area contributed by atoms with E-state index in [9.17, 15) is 0 Å². The van der Waals surface area contributed by atoms with Gasteiger partial charge in [-0.1, -0.05) is 30.3 Å². The summed E-state index contributed by atoms with van der Waals surface area (Å²) in [5.41, 5.74) is 9.25. The van der Waals surface area contributed by atoms with Gasteiger partial charge in [-0.25, -0.2) is 9.97 Å². The number of likely N-dealkylation sites (N-methyl/N-ethyl adjacent to an activating group) is 1. The molecule has 0 amide bonds. The number of aromatic nitrogens is 6. The fraction of sp³-hybridized carbons (Fsp3) is 0.368. The second-order valence-corrected chi connectivity index (χ2v) is 7.26. The van der Waals surface area contributed by atoms with Crippen molar-refractivity contribution >= 4 is 22.8 Å². The lowest BCUT2D eigenvalue weighted by atomic mass is 10.2. The Hall–Kier alpha value is -3.04. The van der Waals surface area contributed by atoms with Gasteiger partial charge >= 0.3 is 0 Å². The number of benzene rings is 1. The number of nitrogens with two attached hydrogens (primary N) is 1. The second kappa shape index (κ2) is 6.84. The lowest BCUT2D eigenvalue weighted by molar-refractivity contribution is 0.150. The maximum absolute atomic E-state index is 6.19. The van der Waals surface area contributed by atoms with Gasteiger partial charge in [-0.05, 0) is 7.05 Å². The quantitative estimate of drug-likeness (QED) is 0.566. The summed E-state index contributed by atoms with van der Waals surface area (Å²) in [5.74, 6) is 0.937. The summed E-state index contributed by atoms with van der Waals surface area (Å²) in [6.45, 7) is 6.19. The molecule has 0 spiro atoms. The van der Waals surface area contributed by atoms with Crippen LogP contribution >= 0.6 is 0 Å². The van der Waals surface area contributed by atoms with Crippen LogP contribution in [0.4, 0.5) is 5.95 Å². The number of nitrogens with zero attached hydrogens (tertiary/aromatic N) is 8. The number of hydrogen-bond acceptors (Lipinski definition) is 7. The molecule has 1 saturated heterocycles. The van der Waals surface area contributed by atoms with E-state index in [-0.39, 0.29) is 0 Å². The zero-order chi connectivity index (χ0) is 19.1. The van der Waals surface area contributed by atoms with Gasteiger partial charge < -0.3 is 15.2 Å². The van der Waals surface area contributed by atoms with E-state index in [4.69, 9.17) is 5.73 Å². The van der Waals surface area contributed by atoms with Gasteiger partial charge in [0.2, 0.25) is 5.95 Å². The number of rotatable bonds is 4. The van der Waals surface area contributed by atoms with E-state index in [0.29, 0.717) is 17.4 Å². The highest BCUT2D eigenvalue weighted by Crippen LogP contribution is 2.22. The lowest BCUT2D eigenvalue weighted by Crippen LogP contribution is -2.45. The van der Waals surface area contributed by atoms with Crippen molar-refractivity contribution in [3.05, 3.63) is 36.7 Å². The topological polar surface area (TPSA) is 93.4 Å². The zero-order valence-electron chi connectivity index (χ0n) is 15.9. The molecule has 5 rings (SSSR count). The highest BCUT2D eigenvalue weighted by atomic mass is 15.4. The van der Waals surface area contributed by atoms with Crippen molar-refractivity contribution in [2.45, 2.75) is 6.54 Å². The van der Waals surface area contributed by atoms with E-state index in [0.717, 1.165) is 56.0 Å². The Morgan fingerprint density at radius 1 is 0.964 bits per heavy atom. The van der Waals surface area contributed by atoms with Gasteiger partial charge in [0.1, 0.15) is 0 Å². The molecule has 2 N–H and O–H groups in total. The van der Waals surface area contributed by atoms with E-state index in [1.165, 1.54) is 0 Å². The fourth-order valence-electron chi connectivity index (χ4n) is 3.63. The van der Waals surface area contributed by atoms with Gasteiger partial charge in [0.25, 0.3) is 0 Å². The Bertz CT molecular complexity index is 1110. The first-order valence-electron chi connectivity index (χ1n) is 9.52. The molecular weight excluding hydrogens is 354 g/mol. The van der Waals surface area contributed by atoms with Crippen molar-refractivity contribution < 1.29 is 0 Å². The van der Waals surface area contributed by atoms with E-state index >= 15 is 0 Å². The van der Waals surface area contributed by atoms with Crippen LogP contribution in [0.3, 0.4) is 0 Å². The highest BCUT2D eigenvalue weighted by molar-refractivity contribution is 5.87. The van der Waals surface area contributed by atoms with Crippen molar-refractivity contribution in [1.82, 2.24) is 38.9 Å². The Labute approximate surface area is 162 Å². The minimum absolute atomic E-state index is 0.318. The van der Waals surface area contributed by atoms with Crippen molar-refractivity contribution in [2.75, 3.05) is 45.5 Å². The van der Waals surface area contributed by atoms with Gasteiger partial charge in [-0.15, -0.1) is 5.10 Å². The van der Waals surface area contributed by atoms with Crippen LogP contribution in [0.15, 0.2) is 36.7 Å².